The Morgan fingerprint density at radius 3 is 1.21 bits per heavy atom. The van der Waals surface area contributed by atoms with Crippen molar-refractivity contribution in [1.82, 2.24) is 9.97 Å². The number of aliphatic hydroxyl groups is 2. The molecule has 6 fully saturated rings. The predicted octanol–water partition coefficient (Wildman–Crippen LogP) is 19.6. The Kier molecular flexibility index (Phi) is 57.1. The van der Waals surface area contributed by atoms with Gasteiger partial charge < -0.3 is 49.3 Å². The van der Waals surface area contributed by atoms with Crippen LogP contribution < -0.4 is 14.9 Å². The number of benzene rings is 4. The van der Waals surface area contributed by atoms with Gasteiger partial charge in [0.15, 0.2) is 11.4 Å². The van der Waals surface area contributed by atoms with E-state index < -0.39 is 13.1 Å². The zero-order chi connectivity index (χ0) is 68.1. The summed E-state index contributed by atoms with van der Waals surface area (Å²) in [4.78, 5) is 41.7. The van der Waals surface area contributed by atoms with Crippen molar-refractivity contribution < 1.29 is 84.5 Å². The molecule has 0 unspecified atom stereocenters. The average Bonchev–Trinajstić information content (AvgIpc) is 1.19. The molecule has 0 amide bonds. The first-order valence-electron chi connectivity index (χ1n) is 35.3. The quantitative estimate of drug-likeness (QED) is 0.00793. The molecule has 6 aromatic rings. The van der Waals surface area contributed by atoms with Gasteiger partial charge in [-0.05, 0) is 217 Å². The SMILES string of the molecule is C.C.C.C1CCC(P(C2CCCCC2)C2CCCCC2)CC1.C1CCC(P(C2CCCCC2)C2CCCCC2)CC1.CCOC(=O)c1csc(COc2ccc(I)cc2)n1.O=C(O)c1csc(COc2ccc(-c3cccc(CO)c3)cc2)n1.O=[C-]OO.OCc1cccc(B(O)O)c1.[K].[K].[Pd]. The number of carboxylic acids is 1. The van der Waals surface area contributed by atoms with E-state index >= 15 is 0 Å². The van der Waals surface area contributed by atoms with E-state index in [1.165, 1.54) is 101 Å². The summed E-state index contributed by atoms with van der Waals surface area (Å²) in [5.74, 6) is 0.0451. The Balaban J connectivity index is 0.000000628. The van der Waals surface area contributed by atoms with Gasteiger partial charge in [-0.15, -0.1) is 22.7 Å². The molecule has 15 nitrogen and oxygen atoms in total. The summed E-state index contributed by atoms with van der Waals surface area (Å²) in [7, 11) is -0.687. The van der Waals surface area contributed by atoms with E-state index in [1.54, 1.807) is 191 Å². The third-order valence-corrected chi connectivity index (χ3v) is 29.6. The van der Waals surface area contributed by atoms with Gasteiger partial charge in [0.2, 0.25) is 0 Å². The zero-order valence-corrected chi connectivity index (χ0v) is 71.9. The van der Waals surface area contributed by atoms with E-state index in [9.17, 15) is 14.7 Å². The van der Waals surface area contributed by atoms with E-state index in [4.69, 9.17) is 44.5 Å². The van der Waals surface area contributed by atoms with Crippen molar-refractivity contribution in [3.63, 3.8) is 0 Å². The molecular weight excluding hydrogens is 1620 g/mol. The van der Waals surface area contributed by atoms with Gasteiger partial charge in [-0.1, -0.05) is 208 Å². The van der Waals surface area contributed by atoms with Crippen LogP contribution in [0.5, 0.6) is 11.5 Å². The van der Waals surface area contributed by atoms with Gasteiger partial charge in [0.05, 0.1) is 19.8 Å². The number of carbonyl (C=O) groups excluding carboxylic acids is 2. The number of rotatable bonds is 20. The maximum absolute atomic E-state index is 11.5. The van der Waals surface area contributed by atoms with Crippen LogP contribution >= 0.6 is 61.1 Å². The van der Waals surface area contributed by atoms with Crippen LogP contribution in [0.3, 0.4) is 0 Å². The Hall–Kier alpha value is -0.460. The number of esters is 1. The largest absolute Gasteiger partial charge is 0.509 e. The van der Waals surface area contributed by atoms with Crippen molar-refractivity contribution >= 4 is 195 Å². The second-order valence-electron chi connectivity index (χ2n) is 25.8. The molecule has 6 N–H and O–H groups in total. The molecule has 0 atom stereocenters. The predicted molar refractivity (Wildman–Crippen MR) is 431 cm³/mol. The minimum atomic E-state index is -1.46. The van der Waals surface area contributed by atoms with Crippen LogP contribution in [0.15, 0.2) is 108 Å². The molecular formula is C78H115BIK2N2O13P2PdS2-. The van der Waals surface area contributed by atoms with Gasteiger partial charge >= 0.3 is 19.1 Å². The third kappa shape index (κ3) is 36.1. The van der Waals surface area contributed by atoms with Crippen LogP contribution in [0, 0.1) is 3.57 Å². The first kappa shape index (κ1) is 99.5. The Labute approximate surface area is 734 Å². The monoisotopic (exact) mass is 1740 g/mol. The van der Waals surface area contributed by atoms with Gasteiger partial charge in [-0.3, -0.25) is 0 Å². The maximum Gasteiger partial charge on any atom is 0.488 e. The molecule has 24 heteroatoms. The molecule has 102 heavy (non-hydrogen) atoms. The summed E-state index contributed by atoms with van der Waals surface area (Å²) in [5, 5.41) is 55.7. The minimum absolute atomic E-state index is 0. The number of carboxylic acid groups (broad SMARTS) is 1. The Bertz CT molecular complexity index is 2990. The molecule has 6 aliphatic rings. The van der Waals surface area contributed by atoms with Gasteiger partial charge in [0.1, 0.15) is 34.7 Å². The molecule has 2 radical (unpaired) electrons. The topological polar surface area (TPSA) is 235 Å². The number of carbonyl (C=O) groups is 2. The first-order chi connectivity index (χ1) is 46.9. The Morgan fingerprint density at radius 1 is 0.529 bits per heavy atom. The zero-order valence-electron chi connectivity index (χ0n) is 58.5. The van der Waals surface area contributed by atoms with Crippen LogP contribution in [-0.2, 0) is 61.3 Å². The molecule has 2 heterocycles. The third-order valence-electron chi connectivity index (χ3n) is 19.1. The summed E-state index contributed by atoms with van der Waals surface area (Å²) in [5.41, 5.74) is 11.5. The van der Waals surface area contributed by atoms with Crippen molar-refractivity contribution in [3.8, 4) is 22.6 Å². The second-order valence-corrected chi connectivity index (χ2v) is 35.1. The van der Waals surface area contributed by atoms with Gasteiger partial charge in [-0.25, -0.2) is 24.8 Å². The molecule has 0 spiro atoms. The number of hydrogen-bond acceptors (Lipinski definition) is 16. The van der Waals surface area contributed by atoms with E-state index in [0.29, 0.717) is 56.5 Å². The number of hydrogen-bond donors (Lipinski definition) is 6. The molecule has 560 valence electrons. The van der Waals surface area contributed by atoms with Crippen LogP contribution in [0.25, 0.3) is 11.1 Å². The fourth-order valence-electron chi connectivity index (χ4n) is 14.5. The molecule has 6 saturated carbocycles. The fraction of sp³-hybridized carbons (Fsp3) is 0.577. The first-order valence-corrected chi connectivity index (χ1v) is 41.2. The number of aliphatic hydroxyl groups excluding tert-OH is 2. The van der Waals surface area contributed by atoms with Crippen molar-refractivity contribution in [3.05, 3.63) is 144 Å². The van der Waals surface area contributed by atoms with Crippen molar-refractivity contribution in [1.29, 1.82) is 0 Å². The molecule has 4 aromatic carbocycles. The van der Waals surface area contributed by atoms with Crippen LogP contribution in [-0.4, -0.2) is 209 Å². The van der Waals surface area contributed by atoms with Crippen molar-refractivity contribution in [2.75, 3.05) is 6.61 Å². The van der Waals surface area contributed by atoms with E-state index in [1.807, 2.05) is 72.8 Å². The summed E-state index contributed by atoms with van der Waals surface area (Å²) >= 11 is 4.89. The maximum atomic E-state index is 11.5. The number of aromatic nitrogens is 2. The number of aromatic carboxylic acids is 1. The average molecular weight is 1740 g/mol. The van der Waals surface area contributed by atoms with Crippen molar-refractivity contribution in [2.24, 2.45) is 0 Å². The van der Waals surface area contributed by atoms with Crippen molar-refractivity contribution in [2.45, 2.75) is 282 Å². The molecule has 0 bridgehead atoms. The summed E-state index contributed by atoms with van der Waals surface area (Å²) in [6, 6.07) is 29.6. The summed E-state index contributed by atoms with van der Waals surface area (Å²) < 4.78 is 17.3. The summed E-state index contributed by atoms with van der Waals surface area (Å²) in [6.07, 6.45) is 47.2. The van der Waals surface area contributed by atoms with Crippen LogP contribution in [0.2, 0.25) is 0 Å². The van der Waals surface area contributed by atoms with Crippen LogP contribution in [0.4, 0.5) is 0 Å². The number of halogens is 1. The number of ether oxygens (including phenoxy) is 3. The molecule has 0 saturated heterocycles. The fourth-order valence-corrected chi connectivity index (χ4v) is 25.5. The minimum Gasteiger partial charge on any atom is -0.509 e. The standard InChI is InChI=1S/C18H15NO4S.2C18H33P.C13H12INO3S.C7H9BO3.CHO3.3CH4.2K.Pd/c20-9-12-2-1-3-14(8-12)13-4-6-15(7-5-13)23-10-17-19-16(11-24-17)18(21)22;2*1-4-10-16(11-5-1)19(17-12-6-2-7-13-17)18-14-8-3-9-15-18;1-2-17-13(16)11-8-19-12(15-11)7-18-10-5-3-9(14)4-6-10;9-5-6-2-1-3-7(4-6)8(10)11;2-1-4-3;;;;;;/h1-8,11,20H,9-10H2,(H,21,22);2*16-18H,1-15H2;3-6,8H,2,7H2,1H3;1-4,9-11H,5H2;3H;3*1H4;;;/q;;;;;-1;;;;;;. The van der Waals surface area contributed by atoms with Gasteiger partial charge in [-0.2, -0.15) is 0 Å². The van der Waals surface area contributed by atoms with E-state index in [0.717, 1.165) is 37.5 Å². The second kappa shape index (κ2) is 58.5. The number of nitrogens with zero attached hydrogens (tertiary/aromatic N) is 2. The normalized spacial score (nSPS) is 16.4. The molecule has 0 aliphatic heterocycles. The Morgan fingerprint density at radius 2 is 0.873 bits per heavy atom. The number of thiazole rings is 2. The van der Waals surface area contributed by atoms with Crippen LogP contribution in [0.1, 0.15) is 264 Å². The van der Waals surface area contributed by atoms with E-state index in [-0.39, 0.29) is 177 Å². The molecule has 12 rings (SSSR count). The van der Waals surface area contributed by atoms with Gasteiger partial charge in [0, 0.05) is 138 Å². The van der Waals surface area contributed by atoms with Gasteiger partial charge in [0.25, 0.3) is 0 Å². The van der Waals surface area contributed by atoms with E-state index in [2.05, 4.69) is 37.4 Å². The molecule has 6 aliphatic carbocycles. The summed E-state index contributed by atoms with van der Waals surface area (Å²) in [6.45, 7) is 3.37. The molecule has 2 aromatic heterocycles. The smallest absolute Gasteiger partial charge is 0.488 e.